The minimum absolute atomic E-state index is 0.0502. The van der Waals surface area contributed by atoms with Crippen LogP contribution in [-0.2, 0) is 0 Å². The molecule has 226 valence electrons. The number of pyridine rings is 1. The minimum Gasteiger partial charge on any atom is -0.497 e. The number of carbonyl (C=O) groups is 1. The van der Waals surface area contributed by atoms with Gasteiger partial charge in [0, 0.05) is 29.7 Å². The molecule has 3 aliphatic rings. The Morgan fingerprint density at radius 3 is 2.36 bits per heavy atom. The molecule has 0 saturated carbocycles. The molecule has 1 amide bonds. The van der Waals surface area contributed by atoms with Gasteiger partial charge < -0.3 is 10.1 Å². The molecule has 6 heteroatoms. The van der Waals surface area contributed by atoms with Gasteiger partial charge in [-0.25, -0.2) is 0 Å². The van der Waals surface area contributed by atoms with Crippen molar-refractivity contribution in [2.75, 3.05) is 20.2 Å². The van der Waals surface area contributed by atoms with E-state index in [-0.39, 0.29) is 18.0 Å². The largest absolute Gasteiger partial charge is 0.497 e. The van der Waals surface area contributed by atoms with E-state index >= 15 is 0 Å². The molecule has 45 heavy (non-hydrogen) atoms. The average molecular weight is 612 g/mol. The van der Waals surface area contributed by atoms with Crippen LogP contribution in [0.1, 0.15) is 34.8 Å². The Morgan fingerprint density at radius 1 is 0.978 bits per heavy atom. The summed E-state index contributed by atoms with van der Waals surface area (Å²) in [6.07, 6.45) is 6.17. The molecule has 5 aromatic rings. The van der Waals surface area contributed by atoms with Crippen LogP contribution in [0.15, 0.2) is 128 Å². The van der Waals surface area contributed by atoms with Gasteiger partial charge >= 0.3 is 0 Å². The van der Waals surface area contributed by atoms with Crippen LogP contribution in [0.3, 0.4) is 0 Å². The van der Waals surface area contributed by atoms with Crippen molar-refractivity contribution in [3.05, 3.63) is 139 Å². The van der Waals surface area contributed by atoms with E-state index in [9.17, 15) is 4.79 Å². The summed E-state index contributed by atoms with van der Waals surface area (Å²) in [4.78, 5) is 21.9. The zero-order valence-corrected chi connectivity index (χ0v) is 26.4. The van der Waals surface area contributed by atoms with E-state index in [1.54, 1.807) is 7.11 Å². The van der Waals surface area contributed by atoms with Gasteiger partial charge in [0.15, 0.2) is 0 Å². The lowest BCUT2D eigenvalue weighted by Crippen LogP contribution is -2.57. The second-order valence-electron chi connectivity index (χ2n) is 12.0. The summed E-state index contributed by atoms with van der Waals surface area (Å²) in [6.45, 7) is 6.14. The molecule has 0 radical (unpaired) electrons. The zero-order chi connectivity index (χ0) is 30.8. The fourth-order valence-corrected chi connectivity index (χ4v) is 9.76. The topological polar surface area (TPSA) is 54.5 Å². The fraction of sp³-hybridized carbons (Fsp3) is 0.231. The lowest BCUT2D eigenvalue weighted by molar-refractivity contribution is 0.00171. The Labute approximate surface area is 266 Å². The van der Waals surface area contributed by atoms with E-state index in [4.69, 9.17) is 4.74 Å². The zero-order valence-electron chi connectivity index (χ0n) is 25.6. The Hall–Kier alpha value is -4.31. The molecule has 5 atom stereocenters. The summed E-state index contributed by atoms with van der Waals surface area (Å²) in [5.74, 6) is 1.78. The molecule has 1 aromatic heterocycles. The van der Waals surface area contributed by atoms with Crippen molar-refractivity contribution in [2.24, 2.45) is 11.8 Å². The molecule has 3 fully saturated rings. The first-order valence-corrected chi connectivity index (χ1v) is 17.1. The number of methoxy groups -OCH3 is 1. The Kier molecular flexibility index (Phi) is 8.47. The third-order valence-corrected chi connectivity index (χ3v) is 12.1. The number of amides is 1. The van der Waals surface area contributed by atoms with E-state index in [1.807, 2.05) is 42.6 Å². The number of hydrogen-bond acceptors (Lipinski definition) is 4. The molecule has 0 spiro atoms. The highest BCUT2D eigenvalue weighted by Gasteiger charge is 2.43. The van der Waals surface area contributed by atoms with Crippen LogP contribution in [-0.4, -0.2) is 42.0 Å². The Morgan fingerprint density at radius 2 is 1.69 bits per heavy atom. The van der Waals surface area contributed by atoms with Gasteiger partial charge in [-0.1, -0.05) is 84.9 Å². The van der Waals surface area contributed by atoms with Gasteiger partial charge in [0.05, 0.1) is 18.7 Å². The quantitative estimate of drug-likeness (QED) is 0.156. The molecule has 3 saturated heterocycles. The highest BCUT2D eigenvalue weighted by Crippen LogP contribution is 2.43. The van der Waals surface area contributed by atoms with Crippen molar-refractivity contribution in [1.29, 1.82) is 0 Å². The monoisotopic (exact) mass is 611 g/mol. The van der Waals surface area contributed by atoms with Crippen molar-refractivity contribution in [3.63, 3.8) is 0 Å². The number of piperidine rings is 3. The van der Waals surface area contributed by atoms with Crippen LogP contribution >= 0.6 is 7.92 Å². The van der Waals surface area contributed by atoms with E-state index in [0.717, 1.165) is 52.6 Å². The van der Waals surface area contributed by atoms with Gasteiger partial charge in [0.2, 0.25) is 0 Å². The maximum Gasteiger partial charge on any atom is 0.252 e. The summed E-state index contributed by atoms with van der Waals surface area (Å²) >= 11 is 0. The first kappa shape index (κ1) is 29.4. The summed E-state index contributed by atoms with van der Waals surface area (Å²) in [7, 11) is 0.737. The molecule has 1 N–H and O–H groups in total. The maximum absolute atomic E-state index is 14.7. The van der Waals surface area contributed by atoms with Crippen molar-refractivity contribution >= 4 is 40.6 Å². The number of ether oxygens (including phenoxy) is 1. The molecule has 5 nitrogen and oxygen atoms in total. The molecule has 3 aliphatic heterocycles. The molecule has 0 aliphatic carbocycles. The van der Waals surface area contributed by atoms with Gasteiger partial charge in [-0.3, -0.25) is 14.7 Å². The second kappa shape index (κ2) is 13.0. The van der Waals surface area contributed by atoms with Crippen LogP contribution in [0.2, 0.25) is 0 Å². The first-order chi connectivity index (χ1) is 22.1. The van der Waals surface area contributed by atoms with Gasteiger partial charge in [-0.2, -0.15) is 0 Å². The highest BCUT2D eigenvalue weighted by atomic mass is 31.1. The number of aromatic nitrogens is 1. The summed E-state index contributed by atoms with van der Waals surface area (Å²) in [5, 5.41) is 8.10. The Bertz CT molecular complexity index is 1770. The number of nitrogens with one attached hydrogen (secondary N) is 1. The molecular formula is C39H38N3O2P. The lowest BCUT2D eigenvalue weighted by Gasteiger charge is -2.51. The molecule has 4 aromatic carbocycles. The SMILES string of the molecule is C=CC1CN2CCC1C[C@H]2[C@@H](NC(=O)c1ccccc1P(c1ccccc1)c1ccccc1)c1ccnc2ccc(OC)cc12. The van der Waals surface area contributed by atoms with Crippen LogP contribution in [0, 0.1) is 11.8 Å². The third kappa shape index (κ3) is 5.79. The predicted octanol–water partition coefficient (Wildman–Crippen LogP) is 6.37. The summed E-state index contributed by atoms with van der Waals surface area (Å²) in [6, 6.07) is 37.3. The van der Waals surface area contributed by atoms with E-state index in [2.05, 4.69) is 101 Å². The Balaban J connectivity index is 1.32. The third-order valence-electron chi connectivity index (χ3n) is 9.56. The van der Waals surface area contributed by atoms with Crippen molar-refractivity contribution in [2.45, 2.75) is 24.9 Å². The molecule has 2 bridgehead atoms. The average Bonchev–Trinajstić information content (AvgIpc) is 3.11. The minimum atomic E-state index is -0.950. The van der Waals surface area contributed by atoms with Gasteiger partial charge in [0.25, 0.3) is 5.91 Å². The van der Waals surface area contributed by atoms with Crippen LogP contribution in [0.25, 0.3) is 10.9 Å². The number of nitrogens with zero attached hydrogens (tertiary/aromatic N) is 2. The molecule has 8 rings (SSSR count). The van der Waals surface area contributed by atoms with Gasteiger partial charge in [-0.05, 0) is 91.0 Å². The number of hydrogen-bond donors (Lipinski definition) is 1. The molecule has 3 unspecified atom stereocenters. The normalized spacial score (nSPS) is 21.4. The smallest absolute Gasteiger partial charge is 0.252 e. The predicted molar refractivity (Wildman–Crippen MR) is 185 cm³/mol. The van der Waals surface area contributed by atoms with Crippen LogP contribution in [0.4, 0.5) is 0 Å². The van der Waals surface area contributed by atoms with Gasteiger partial charge in [0.1, 0.15) is 5.75 Å². The summed E-state index contributed by atoms with van der Waals surface area (Å²) in [5.41, 5.74) is 2.69. The van der Waals surface area contributed by atoms with E-state index < -0.39 is 7.92 Å². The number of benzene rings is 4. The van der Waals surface area contributed by atoms with Crippen molar-refractivity contribution in [1.82, 2.24) is 15.2 Å². The van der Waals surface area contributed by atoms with E-state index in [1.165, 1.54) is 17.0 Å². The number of fused-ring (bicyclic) bond motifs is 4. The van der Waals surface area contributed by atoms with Crippen molar-refractivity contribution < 1.29 is 9.53 Å². The standard InChI is InChI=1S/C39H38N3O2P/c1-3-27-26-42-23-21-28(27)24-36(42)38(32-20-22-40-35-19-18-29(44-2)25-34(32)35)41-39(43)33-16-10-11-17-37(33)45(30-12-6-4-7-13-30)31-14-8-5-9-15-31/h3-20,22,25,27-28,36,38H,1,21,23-24,26H2,2H3,(H,41,43)/t27?,28?,36-,38-/m0/s1. The van der Waals surface area contributed by atoms with Gasteiger partial charge in [-0.15, -0.1) is 6.58 Å². The maximum atomic E-state index is 14.7. The second-order valence-corrected chi connectivity index (χ2v) is 14.2. The van der Waals surface area contributed by atoms with Crippen LogP contribution < -0.4 is 26.0 Å². The molecule has 4 heterocycles. The first-order valence-electron chi connectivity index (χ1n) is 15.7. The number of rotatable bonds is 9. The van der Waals surface area contributed by atoms with Crippen LogP contribution in [0.5, 0.6) is 5.75 Å². The summed E-state index contributed by atoms with van der Waals surface area (Å²) < 4.78 is 5.62. The van der Waals surface area contributed by atoms with E-state index in [0.29, 0.717) is 11.8 Å². The lowest BCUT2D eigenvalue weighted by atomic mass is 9.73. The molecular weight excluding hydrogens is 573 g/mol. The fourth-order valence-electron chi connectivity index (χ4n) is 7.31. The number of carbonyl (C=O) groups excluding carboxylic acids is 1. The highest BCUT2D eigenvalue weighted by molar-refractivity contribution is 7.80. The van der Waals surface area contributed by atoms with Crippen molar-refractivity contribution in [3.8, 4) is 5.75 Å².